The highest BCUT2D eigenvalue weighted by Crippen LogP contribution is 2.27. The van der Waals surface area contributed by atoms with Crippen LogP contribution in [0.3, 0.4) is 0 Å². The van der Waals surface area contributed by atoms with Gasteiger partial charge in [-0.25, -0.2) is 4.40 Å². The largest absolute Gasteiger partial charge is 0.493 e. The highest BCUT2D eigenvalue weighted by atomic mass is 35.5. The van der Waals surface area contributed by atoms with E-state index in [-0.39, 0.29) is 5.56 Å². The lowest BCUT2D eigenvalue weighted by Crippen LogP contribution is -2.23. The lowest BCUT2D eigenvalue weighted by atomic mass is 10.2. The van der Waals surface area contributed by atoms with Gasteiger partial charge in [0.05, 0.1) is 18.8 Å². The summed E-state index contributed by atoms with van der Waals surface area (Å²) >= 11 is 7.22. The fourth-order valence-electron chi connectivity index (χ4n) is 2.74. The van der Waals surface area contributed by atoms with Crippen molar-refractivity contribution in [3.05, 3.63) is 67.9 Å². The molecule has 8 heteroatoms. The van der Waals surface area contributed by atoms with E-state index in [1.54, 1.807) is 38.5 Å². The van der Waals surface area contributed by atoms with Gasteiger partial charge in [0, 0.05) is 10.6 Å². The number of nitrogens with zero attached hydrogens (tertiary/aromatic N) is 3. The van der Waals surface area contributed by atoms with Crippen molar-refractivity contribution in [3.8, 4) is 22.9 Å². The molecule has 0 aliphatic carbocycles. The predicted molar refractivity (Wildman–Crippen MR) is 106 cm³/mol. The van der Waals surface area contributed by atoms with E-state index in [4.69, 9.17) is 21.1 Å². The molecule has 0 fully saturated rings. The number of hydrogen-bond acceptors (Lipinski definition) is 6. The van der Waals surface area contributed by atoms with Gasteiger partial charge in [-0.05, 0) is 48.0 Å². The summed E-state index contributed by atoms with van der Waals surface area (Å²) < 4.78 is 12.6. The van der Waals surface area contributed by atoms with E-state index in [9.17, 15) is 4.79 Å². The Labute approximate surface area is 163 Å². The number of benzene rings is 2. The number of methoxy groups -OCH3 is 2. The average Bonchev–Trinajstić information content (AvgIpc) is 3.23. The van der Waals surface area contributed by atoms with Crippen LogP contribution in [-0.2, 0) is 0 Å². The van der Waals surface area contributed by atoms with E-state index in [2.05, 4.69) is 10.2 Å². The Balaban J connectivity index is 1.84. The zero-order valence-corrected chi connectivity index (χ0v) is 16.0. The quantitative estimate of drug-likeness (QED) is 0.527. The second-order valence-corrected chi connectivity index (χ2v) is 7.12. The van der Waals surface area contributed by atoms with Crippen molar-refractivity contribution in [1.82, 2.24) is 14.6 Å². The first kappa shape index (κ1) is 17.5. The molecule has 27 heavy (non-hydrogen) atoms. The van der Waals surface area contributed by atoms with Crippen LogP contribution in [0.5, 0.6) is 11.5 Å². The fraction of sp³-hybridized carbons (Fsp3) is 0.105. The van der Waals surface area contributed by atoms with Crippen molar-refractivity contribution < 1.29 is 9.47 Å². The predicted octanol–water partition coefficient (Wildman–Crippen LogP) is 3.04. The lowest BCUT2D eigenvalue weighted by molar-refractivity contribution is 0.355. The van der Waals surface area contributed by atoms with Crippen molar-refractivity contribution in [2.75, 3.05) is 14.2 Å². The molecule has 0 amide bonds. The van der Waals surface area contributed by atoms with Gasteiger partial charge in [0.25, 0.3) is 5.56 Å². The standard InChI is InChI=1S/C19H14ClN3O3S/c1-25-14-8-3-11(9-15(14)26-2)10-16-18(24)23-17(21-22-19(23)27-16)12-4-6-13(20)7-5-12/h3-10H,1-2H3. The third-order valence-electron chi connectivity index (χ3n) is 4.06. The zero-order chi connectivity index (χ0) is 19.0. The van der Waals surface area contributed by atoms with Crippen LogP contribution in [0.25, 0.3) is 22.4 Å². The first-order valence-electron chi connectivity index (χ1n) is 7.98. The van der Waals surface area contributed by atoms with Gasteiger partial charge in [-0.3, -0.25) is 4.79 Å². The van der Waals surface area contributed by atoms with Gasteiger partial charge in [0.15, 0.2) is 17.3 Å². The molecule has 2 aromatic heterocycles. The minimum Gasteiger partial charge on any atom is -0.493 e. The van der Waals surface area contributed by atoms with E-state index in [0.29, 0.717) is 31.8 Å². The molecule has 0 unspecified atom stereocenters. The average molecular weight is 400 g/mol. The molecule has 0 aliphatic rings. The summed E-state index contributed by atoms with van der Waals surface area (Å²) in [5, 5.41) is 8.90. The monoisotopic (exact) mass is 399 g/mol. The Kier molecular flexibility index (Phi) is 4.55. The number of rotatable bonds is 4. The number of aromatic nitrogens is 3. The molecule has 0 saturated carbocycles. The number of thiazole rings is 1. The maximum atomic E-state index is 12.9. The molecular weight excluding hydrogens is 386 g/mol. The molecule has 0 spiro atoms. The highest BCUT2D eigenvalue weighted by Gasteiger charge is 2.14. The molecule has 2 aromatic carbocycles. The van der Waals surface area contributed by atoms with Gasteiger partial charge in [-0.15, -0.1) is 10.2 Å². The fourth-order valence-corrected chi connectivity index (χ4v) is 3.78. The Morgan fingerprint density at radius 1 is 1.04 bits per heavy atom. The Bertz CT molecular complexity index is 1230. The van der Waals surface area contributed by atoms with Crippen LogP contribution in [0.2, 0.25) is 5.02 Å². The van der Waals surface area contributed by atoms with Crippen molar-refractivity contribution >= 4 is 34.0 Å². The van der Waals surface area contributed by atoms with Crippen LogP contribution in [-0.4, -0.2) is 28.8 Å². The first-order chi connectivity index (χ1) is 13.1. The van der Waals surface area contributed by atoms with Crippen molar-refractivity contribution in [2.24, 2.45) is 0 Å². The third kappa shape index (κ3) is 3.15. The van der Waals surface area contributed by atoms with Crippen molar-refractivity contribution in [1.29, 1.82) is 0 Å². The van der Waals surface area contributed by atoms with Gasteiger partial charge >= 0.3 is 0 Å². The summed E-state index contributed by atoms with van der Waals surface area (Å²) in [7, 11) is 3.15. The molecule has 0 atom stereocenters. The van der Waals surface area contributed by atoms with E-state index in [1.165, 1.54) is 15.7 Å². The van der Waals surface area contributed by atoms with Crippen LogP contribution < -0.4 is 19.6 Å². The summed E-state index contributed by atoms with van der Waals surface area (Å²) in [6, 6.07) is 12.6. The van der Waals surface area contributed by atoms with Crippen LogP contribution >= 0.6 is 22.9 Å². The van der Waals surface area contributed by atoms with Crippen LogP contribution in [0.1, 0.15) is 5.56 Å². The molecule has 0 saturated heterocycles. The molecule has 0 aliphatic heterocycles. The molecule has 0 radical (unpaired) electrons. The number of hydrogen-bond donors (Lipinski definition) is 0. The second kappa shape index (κ2) is 7.02. The van der Waals surface area contributed by atoms with Gasteiger partial charge in [0.2, 0.25) is 4.96 Å². The molecule has 6 nitrogen and oxygen atoms in total. The van der Waals surface area contributed by atoms with Crippen LogP contribution in [0.4, 0.5) is 0 Å². The smallest absolute Gasteiger partial charge is 0.276 e. The van der Waals surface area contributed by atoms with E-state index < -0.39 is 0 Å². The maximum absolute atomic E-state index is 12.9. The number of halogens is 1. The normalized spacial score (nSPS) is 11.9. The van der Waals surface area contributed by atoms with E-state index >= 15 is 0 Å². The van der Waals surface area contributed by atoms with Crippen molar-refractivity contribution in [3.63, 3.8) is 0 Å². The Hall–Kier alpha value is -2.90. The summed E-state index contributed by atoms with van der Waals surface area (Å²) in [5.74, 6) is 1.73. The SMILES string of the molecule is COc1ccc(C=c2sc3nnc(-c4ccc(Cl)cc4)n3c2=O)cc1OC. The molecule has 0 bridgehead atoms. The topological polar surface area (TPSA) is 65.7 Å². The number of ether oxygens (including phenoxy) is 2. The Morgan fingerprint density at radius 3 is 2.48 bits per heavy atom. The first-order valence-corrected chi connectivity index (χ1v) is 9.18. The molecule has 136 valence electrons. The van der Waals surface area contributed by atoms with Gasteiger partial charge in [-0.1, -0.05) is 29.0 Å². The lowest BCUT2D eigenvalue weighted by Gasteiger charge is -2.07. The summed E-state index contributed by atoms with van der Waals surface area (Å²) in [6.45, 7) is 0. The molecule has 4 rings (SSSR count). The Morgan fingerprint density at radius 2 is 1.78 bits per heavy atom. The van der Waals surface area contributed by atoms with E-state index in [0.717, 1.165) is 11.1 Å². The summed E-state index contributed by atoms with van der Waals surface area (Å²) in [4.78, 5) is 13.5. The van der Waals surface area contributed by atoms with Crippen molar-refractivity contribution in [2.45, 2.75) is 0 Å². The molecular formula is C19H14ClN3O3S. The highest BCUT2D eigenvalue weighted by molar-refractivity contribution is 7.15. The molecule has 4 aromatic rings. The van der Waals surface area contributed by atoms with Gasteiger partial charge < -0.3 is 9.47 Å². The van der Waals surface area contributed by atoms with Gasteiger partial charge in [-0.2, -0.15) is 0 Å². The van der Waals surface area contributed by atoms with Crippen LogP contribution in [0.15, 0.2) is 47.3 Å². The minimum absolute atomic E-state index is 0.167. The second-order valence-electron chi connectivity index (χ2n) is 5.68. The van der Waals surface area contributed by atoms with Crippen LogP contribution in [0, 0.1) is 0 Å². The number of fused-ring (bicyclic) bond motifs is 1. The minimum atomic E-state index is -0.167. The van der Waals surface area contributed by atoms with Gasteiger partial charge in [0.1, 0.15) is 0 Å². The summed E-state index contributed by atoms with van der Waals surface area (Å²) in [6.07, 6.45) is 1.80. The zero-order valence-electron chi connectivity index (χ0n) is 14.5. The van der Waals surface area contributed by atoms with E-state index in [1.807, 2.05) is 24.3 Å². The molecule has 0 N–H and O–H groups in total. The third-order valence-corrected chi connectivity index (χ3v) is 5.27. The molecule has 2 heterocycles. The maximum Gasteiger partial charge on any atom is 0.276 e. The summed E-state index contributed by atoms with van der Waals surface area (Å²) in [5.41, 5.74) is 1.44.